The number of rotatable bonds is 11. The third kappa shape index (κ3) is 6.81. The molecular weight excluding hydrogens is 315 g/mol. The lowest BCUT2D eigenvalue weighted by Gasteiger charge is -2.08. The van der Waals surface area contributed by atoms with Crippen LogP contribution < -0.4 is 4.74 Å². The molecule has 3 nitrogen and oxygen atoms in total. The number of nitrogens with zero attached hydrogens (tertiary/aromatic N) is 2. The third-order valence-corrected chi connectivity index (χ3v) is 4.28. The highest BCUT2D eigenvalue weighted by Gasteiger charge is 2.05. The van der Waals surface area contributed by atoms with Gasteiger partial charge in [0.1, 0.15) is 11.9 Å². The Morgan fingerprint density at radius 2 is 1.72 bits per heavy atom. The SMILES string of the molecule is CCCCCCc1cnc(-c2ccc(OCCC(F)CC)cc2)nc1. The first kappa shape index (κ1) is 19.4. The van der Waals surface area contributed by atoms with Crippen LogP contribution in [0.15, 0.2) is 36.7 Å². The summed E-state index contributed by atoms with van der Waals surface area (Å²) in [6.07, 6.45) is 10.1. The highest BCUT2D eigenvalue weighted by Crippen LogP contribution is 2.20. The summed E-state index contributed by atoms with van der Waals surface area (Å²) in [7, 11) is 0. The van der Waals surface area contributed by atoms with E-state index >= 15 is 0 Å². The average molecular weight is 344 g/mol. The van der Waals surface area contributed by atoms with Crippen LogP contribution in [0.4, 0.5) is 4.39 Å². The van der Waals surface area contributed by atoms with Crippen molar-refractivity contribution >= 4 is 0 Å². The summed E-state index contributed by atoms with van der Waals surface area (Å²) in [6.45, 7) is 4.46. The molecule has 1 aromatic carbocycles. The topological polar surface area (TPSA) is 35.0 Å². The van der Waals surface area contributed by atoms with E-state index in [2.05, 4.69) is 16.9 Å². The van der Waals surface area contributed by atoms with Crippen LogP contribution in [-0.4, -0.2) is 22.7 Å². The monoisotopic (exact) mass is 344 g/mol. The third-order valence-electron chi connectivity index (χ3n) is 4.28. The molecule has 0 saturated heterocycles. The van der Waals surface area contributed by atoms with Crippen molar-refractivity contribution in [1.82, 2.24) is 9.97 Å². The van der Waals surface area contributed by atoms with Gasteiger partial charge in [-0.3, -0.25) is 0 Å². The van der Waals surface area contributed by atoms with Crippen molar-refractivity contribution in [2.75, 3.05) is 6.61 Å². The molecule has 0 spiro atoms. The molecule has 4 heteroatoms. The number of unbranched alkanes of at least 4 members (excludes halogenated alkanes) is 3. The van der Waals surface area contributed by atoms with Crippen molar-refractivity contribution in [3.05, 3.63) is 42.2 Å². The fraction of sp³-hybridized carbons (Fsp3) is 0.524. The zero-order valence-corrected chi connectivity index (χ0v) is 15.4. The van der Waals surface area contributed by atoms with Gasteiger partial charge in [0.05, 0.1) is 6.61 Å². The van der Waals surface area contributed by atoms with Crippen molar-refractivity contribution in [1.29, 1.82) is 0 Å². The van der Waals surface area contributed by atoms with Crippen molar-refractivity contribution in [2.24, 2.45) is 0 Å². The predicted octanol–water partition coefficient (Wildman–Crippen LogP) is 5.78. The second kappa shape index (κ2) is 10.8. The smallest absolute Gasteiger partial charge is 0.159 e. The first-order valence-electron chi connectivity index (χ1n) is 9.41. The molecule has 1 atom stereocenters. The largest absolute Gasteiger partial charge is 0.493 e. The molecule has 0 aliphatic heterocycles. The lowest BCUT2D eigenvalue weighted by Crippen LogP contribution is -2.06. The summed E-state index contributed by atoms with van der Waals surface area (Å²) in [6, 6.07) is 7.66. The maximum Gasteiger partial charge on any atom is 0.159 e. The average Bonchev–Trinajstić information content (AvgIpc) is 2.66. The molecule has 0 fully saturated rings. The fourth-order valence-corrected chi connectivity index (χ4v) is 2.60. The van der Waals surface area contributed by atoms with Gasteiger partial charge < -0.3 is 4.74 Å². The summed E-state index contributed by atoms with van der Waals surface area (Å²) in [5, 5.41) is 0. The molecule has 0 radical (unpaired) electrons. The standard InChI is InChI=1S/C21H29FN2O/c1-3-5-6-7-8-17-15-23-21(24-16-17)18-9-11-20(12-10-18)25-14-13-19(22)4-2/h9-12,15-16,19H,3-8,13-14H2,1-2H3. The van der Waals surface area contributed by atoms with Crippen LogP contribution in [0.2, 0.25) is 0 Å². The Labute approximate surface area is 150 Å². The van der Waals surface area contributed by atoms with Gasteiger partial charge in [-0.1, -0.05) is 33.1 Å². The molecule has 1 aromatic heterocycles. The van der Waals surface area contributed by atoms with Crippen LogP contribution in [0.5, 0.6) is 5.75 Å². The van der Waals surface area contributed by atoms with E-state index in [0.29, 0.717) is 19.4 Å². The predicted molar refractivity (Wildman–Crippen MR) is 101 cm³/mol. The van der Waals surface area contributed by atoms with E-state index in [1.807, 2.05) is 43.6 Å². The fourth-order valence-electron chi connectivity index (χ4n) is 2.60. The minimum absolute atomic E-state index is 0.400. The highest BCUT2D eigenvalue weighted by molar-refractivity contribution is 5.55. The molecular formula is C21H29FN2O. The Bertz CT molecular complexity index is 598. The number of alkyl halides is 1. The van der Waals surface area contributed by atoms with E-state index in [0.717, 1.165) is 23.6 Å². The van der Waals surface area contributed by atoms with Gasteiger partial charge in [-0.05, 0) is 49.1 Å². The Balaban J connectivity index is 1.84. The van der Waals surface area contributed by atoms with Gasteiger partial charge >= 0.3 is 0 Å². The number of halogens is 1. The number of hydrogen-bond donors (Lipinski definition) is 0. The Morgan fingerprint density at radius 1 is 1.00 bits per heavy atom. The first-order valence-corrected chi connectivity index (χ1v) is 9.41. The van der Waals surface area contributed by atoms with E-state index < -0.39 is 6.17 Å². The van der Waals surface area contributed by atoms with Gasteiger partial charge in [0.15, 0.2) is 5.82 Å². The number of aryl methyl sites for hydroxylation is 1. The number of hydrogen-bond acceptors (Lipinski definition) is 3. The first-order chi connectivity index (χ1) is 12.2. The number of benzene rings is 1. The summed E-state index contributed by atoms with van der Waals surface area (Å²) in [5.41, 5.74) is 2.15. The Kier molecular flexibility index (Phi) is 8.36. The summed E-state index contributed by atoms with van der Waals surface area (Å²) in [5.74, 6) is 1.47. The van der Waals surface area contributed by atoms with Crippen LogP contribution in [0.25, 0.3) is 11.4 Å². The van der Waals surface area contributed by atoms with E-state index in [1.54, 1.807) is 0 Å². The van der Waals surface area contributed by atoms with Gasteiger partial charge in [-0.15, -0.1) is 0 Å². The van der Waals surface area contributed by atoms with E-state index in [1.165, 1.54) is 31.2 Å². The molecule has 1 heterocycles. The normalized spacial score (nSPS) is 12.1. The van der Waals surface area contributed by atoms with Crippen LogP contribution >= 0.6 is 0 Å². The zero-order chi connectivity index (χ0) is 17.9. The van der Waals surface area contributed by atoms with Crippen molar-refractivity contribution < 1.29 is 9.13 Å². The summed E-state index contributed by atoms with van der Waals surface area (Å²) < 4.78 is 18.7. The molecule has 0 aliphatic carbocycles. The molecule has 25 heavy (non-hydrogen) atoms. The molecule has 0 bridgehead atoms. The van der Waals surface area contributed by atoms with Crippen LogP contribution in [-0.2, 0) is 6.42 Å². The molecule has 136 valence electrons. The zero-order valence-electron chi connectivity index (χ0n) is 15.4. The van der Waals surface area contributed by atoms with Gasteiger partial charge in [0.2, 0.25) is 0 Å². The van der Waals surface area contributed by atoms with E-state index in [9.17, 15) is 4.39 Å². The lowest BCUT2D eigenvalue weighted by atomic mass is 10.1. The van der Waals surface area contributed by atoms with Gasteiger partial charge in [-0.2, -0.15) is 0 Å². The summed E-state index contributed by atoms with van der Waals surface area (Å²) in [4.78, 5) is 8.94. The molecule has 0 N–H and O–H groups in total. The molecule has 0 saturated carbocycles. The lowest BCUT2D eigenvalue weighted by molar-refractivity contribution is 0.231. The van der Waals surface area contributed by atoms with Crippen molar-refractivity contribution in [2.45, 2.75) is 65.0 Å². The Morgan fingerprint density at radius 3 is 2.36 bits per heavy atom. The molecule has 2 aromatic rings. The van der Waals surface area contributed by atoms with Crippen LogP contribution in [0.1, 0.15) is 57.9 Å². The quantitative estimate of drug-likeness (QED) is 0.484. The van der Waals surface area contributed by atoms with Gasteiger partial charge in [0.25, 0.3) is 0 Å². The molecule has 2 rings (SSSR count). The number of ether oxygens (including phenoxy) is 1. The van der Waals surface area contributed by atoms with Crippen molar-refractivity contribution in [3.8, 4) is 17.1 Å². The van der Waals surface area contributed by atoms with E-state index in [-0.39, 0.29) is 0 Å². The molecule has 0 amide bonds. The summed E-state index contributed by atoms with van der Waals surface area (Å²) >= 11 is 0. The van der Waals surface area contributed by atoms with Crippen LogP contribution in [0, 0.1) is 0 Å². The second-order valence-corrected chi connectivity index (χ2v) is 6.39. The van der Waals surface area contributed by atoms with Gasteiger partial charge in [0, 0.05) is 24.4 Å². The molecule has 0 aliphatic rings. The second-order valence-electron chi connectivity index (χ2n) is 6.39. The minimum atomic E-state index is -0.784. The van der Waals surface area contributed by atoms with Crippen molar-refractivity contribution in [3.63, 3.8) is 0 Å². The van der Waals surface area contributed by atoms with Crippen LogP contribution in [0.3, 0.4) is 0 Å². The van der Waals surface area contributed by atoms with E-state index in [4.69, 9.17) is 4.74 Å². The number of aromatic nitrogens is 2. The Hall–Kier alpha value is -1.97. The minimum Gasteiger partial charge on any atom is -0.493 e. The molecule has 1 unspecified atom stereocenters. The maximum atomic E-state index is 13.2. The van der Waals surface area contributed by atoms with Gasteiger partial charge in [-0.25, -0.2) is 14.4 Å². The highest BCUT2D eigenvalue weighted by atomic mass is 19.1. The maximum absolute atomic E-state index is 13.2.